The molecule has 0 fully saturated rings. The number of alkyl halides is 3. The van der Waals surface area contributed by atoms with Crippen molar-refractivity contribution >= 4 is 23.3 Å². The summed E-state index contributed by atoms with van der Waals surface area (Å²) in [6, 6.07) is 11.6. The van der Waals surface area contributed by atoms with Crippen LogP contribution < -0.4 is 15.2 Å². The number of nitriles is 1. The Morgan fingerprint density at radius 2 is 1.96 bits per heavy atom. The van der Waals surface area contributed by atoms with Gasteiger partial charge < -0.3 is 15.2 Å². The first-order valence-electron chi connectivity index (χ1n) is 7.63. The van der Waals surface area contributed by atoms with E-state index in [1.54, 1.807) is 24.3 Å². The standard InChI is InChI=1S/C19H15F3N2O2S/c1-25-17-9-12(7-14(10-23)18(24)27)5-6-16(17)26-11-13-3-2-4-15(8-13)19(20,21)22/h2-9H,11H2,1H3,(H2,24,27)/b14-7+. The number of thiocarbonyl (C=S) groups is 1. The highest BCUT2D eigenvalue weighted by Gasteiger charge is 2.30. The largest absolute Gasteiger partial charge is 0.493 e. The summed E-state index contributed by atoms with van der Waals surface area (Å²) in [5.74, 6) is 0.705. The third-order valence-corrected chi connectivity index (χ3v) is 3.75. The van der Waals surface area contributed by atoms with Crippen molar-refractivity contribution in [3.63, 3.8) is 0 Å². The highest BCUT2D eigenvalue weighted by Crippen LogP contribution is 2.32. The fraction of sp³-hybridized carbons (Fsp3) is 0.158. The third-order valence-electron chi connectivity index (χ3n) is 3.53. The van der Waals surface area contributed by atoms with Gasteiger partial charge in [0.05, 0.1) is 18.2 Å². The van der Waals surface area contributed by atoms with Crippen LogP contribution in [0.3, 0.4) is 0 Å². The number of methoxy groups -OCH3 is 1. The molecule has 0 amide bonds. The van der Waals surface area contributed by atoms with Gasteiger partial charge in [-0.15, -0.1) is 0 Å². The summed E-state index contributed by atoms with van der Waals surface area (Å²) in [4.78, 5) is -0.0265. The molecule has 0 aliphatic carbocycles. The minimum atomic E-state index is -4.41. The van der Waals surface area contributed by atoms with Crippen molar-refractivity contribution in [2.45, 2.75) is 12.8 Å². The minimum Gasteiger partial charge on any atom is -0.493 e. The fourth-order valence-corrected chi connectivity index (χ4v) is 2.32. The third kappa shape index (κ3) is 5.46. The van der Waals surface area contributed by atoms with Crippen LogP contribution >= 0.6 is 12.2 Å². The van der Waals surface area contributed by atoms with Gasteiger partial charge in [-0.05, 0) is 41.5 Å². The fourth-order valence-electron chi connectivity index (χ4n) is 2.22. The van der Waals surface area contributed by atoms with Gasteiger partial charge in [-0.3, -0.25) is 0 Å². The predicted molar refractivity (Wildman–Crippen MR) is 99.1 cm³/mol. The molecule has 0 radical (unpaired) electrons. The molecule has 27 heavy (non-hydrogen) atoms. The van der Waals surface area contributed by atoms with E-state index in [1.807, 2.05) is 6.07 Å². The van der Waals surface area contributed by atoms with Gasteiger partial charge in [0.15, 0.2) is 11.5 Å². The van der Waals surface area contributed by atoms with Crippen molar-refractivity contribution < 1.29 is 22.6 Å². The minimum absolute atomic E-state index is 0.0265. The zero-order valence-electron chi connectivity index (χ0n) is 14.2. The first-order chi connectivity index (χ1) is 12.7. The van der Waals surface area contributed by atoms with E-state index in [4.69, 9.17) is 32.7 Å². The molecule has 0 saturated carbocycles. The van der Waals surface area contributed by atoms with E-state index >= 15 is 0 Å². The van der Waals surface area contributed by atoms with E-state index < -0.39 is 11.7 Å². The number of benzene rings is 2. The maximum atomic E-state index is 12.8. The summed E-state index contributed by atoms with van der Waals surface area (Å²) in [6.07, 6.45) is -2.91. The lowest BCUT2D eigenvalue weighted by Gasteiger charge is -2.13. The predicted octanol–water partition coefficient (Wildman–Crippen LogP) is 4.49. The summed E-state index contributed by atoms with van der Waals surface area (Å²) in [5.41, 5.74) is 5.85. The average Bonchev–Trinajstić information content (AvgIpc) is 2.64. The Hall–Kier alpha value is -3.05. The van der Waals surface area contributed by atoms with Crippen LogP contribution in [0.5, 0.6) is 11.5 Å². The van der Waals surface area contributed by atoms with Gasteiger partial charge >= 0.3 is 6.18 Å². The van der Waals surface area contributed by atoms with E-state index in [1.165, 1.54) is 19.3 Å². The molecule has 0 aliphatic rings. The second-order valence-corrected chi connectivity index (χ2v) is 5.87. The molecule has 2 aromatic rings. The molecule has 0 spiro atoms. The highest BCUT2D eigenvalue weighted by molar-refractivity contribution is 7.80. The molecular formula is C19H15F3N2O2S. The van der Waals surface area contributed by atoms with Crippen molar-refractivity contribution in [2.24, 2.45) is 5.73 Å². The molecule has 0 saturated heterocycles. The van der Waals surface area contributed by atoms with Gasteiger partial charge in [0, 0.05) is 0 Å². The van der Waals surface area contributed by atoms with Crippen LogP contribution in [0.1, 0.15) is 16.7 Å². The summed E-state index contributed by atoms with van der Waals surface area (Å²) >= 11 is 4.79. The van der Waals surface area contributed by atoms with Crippen LogP contribution in [0.15, 0.2) is 48.0 Å². The van der Waals surface area contributed by atoms with Gasteiger partial charge in [0.25, 0.3) is 0 Å². The first-order valence-corrected chi connectivity index (χ1v) is 8.04. The maximum absolute atomic E-state index is 12.8. The summed E-state index contributed by atoms with van der Waals surface area (Å²) in [6.45, 7) is -0.0637. The van der Waals surface area contributed by atoms with Gasteiger partial charge in [-0.1, -0.05) is 30.4 Å². The quantitative estimate of drug-likeness (QED) is 0.446. The summed E-state index contributed by atoms with van der Waals surface area (Å²) < 4.78 is 49.2. The van der Waals surface area contributed by atoms with Crippen LogP contribution in [0.2, 0.25) is 0 Å². The molecule has 2 N–H and O–H groups in total. The van der Waals surface area contributed by atoms with Gasteiger partial charge in [-0.25, -0.2) is 0 Å². The van der Waals surface area contributed by atoms with Crippen LogP contribution in [-0.4, -0.2) is 12.1 Å². The van der Waals surface area contributed by atoms with Crippen molar-refractivity contribution in [3.05, 3.63) is 64.7 Å². The molecule has 0 unspecified atom stereocenters. The zero-order valence-corrected chi connectivity index (χ0v) is 15.0. The number of rotatable bonds is 6. The van der Waals surface area contributed by atoms with Crippen LogP contribution in [0.4, 0.5) is 13.2 Å². The molecule has 140 valence electrons. The topological polar surface area (TPSA) is 68.3 Å². The SMILES string of the molecule is COc1cc(/C=C(\C#N)C(N)=S)ccc1OCc1cccc(C(F)(F)F)c1. The monoisotopic (exact) mass is 392 g/mol. The number of hydrogen-bond donors (Lipinski definition) is 1. The Bertz CT molecular complexity index is 918. The molecular weight excluding hydrogens is 377 g/mol. The lowest BCUT2D eigenvalue weighted by Crippen LogP contribution is -2.09. The summed E-state index contributed by atoms with van der Waals surface area (Å²) in [5, 5.41) is 9.01. The molecule has 0 bridgehead atoms. The number of ether oxygens (including phenoxy) is 2. The molecule has 4 nitrogen and oxygen atoms in total. The van der Waals surface area contributed by atoms with Crippen molar-refractivity contribution in [3.8, 4) is 17.6 Å². The van der Waals surface area contributed by atoms with E-state index in [0.29, 0.717) is 22.6 Å². The van der Waals surface area contributed by atoms with Crippen molar-refractivity contribution in [1.82, 2.24) is 0 Å². The molecule has 0 atom stereocenters. The van der Waals surface area contributed by atoms with Crippen LogP contribution in [0, 0.1) is 11.3 Å². The molecule has 8 heteroatoms. The highest BCUT2D eigenvalue weighted by atomic mass is 32.1. The molecule has 0 heterocycles. The molecule has 0 aliphatic heterocycles. The van der Waals surface area contributed by atoms with E-state index in [9.17, 15) is 13.2 Å². The Morgan fingerprint density at radius 3 is 2.56 bits per heavy atom. The number of nitrogens with zero attached hydrogens (tertiary/aromatic N) is 1. The average molecular weight is 392 g/mol. The Kier molecular flexibility index (Phi) is 6.42. The number of nitrogens with two attached hydrogens (primary N) is 1. The second kappa shape index (κ2) is 8.56. The number of halogens is 3. The van der Waals surface area contributed by atoms with Gasteiger partial charge in [-0.2, -0.15) is 18.4 Å². The van der Waals surface area contributed by atoms with Crippen molar-refractivity contribution in [1.29, 1.82) is 5.26 Å². The molecule has 2 rings (SSSR count). The Labute approximate surface area is 159 Å². The lowest BCUT2D eigenvalue weighted by molar-refractivity contribution is -0.137. The normalized spacial score (nSPS) is 11.6. The summed E-state index contributed by atoms with van der Waals surface area (Å²) in [7, 11) is 1.43. The molecule has 2 aromatic carbocycles. The Balaban J connectivity index is 2.21. The van der Waals surface area contributed by atoms with Crippen LogP contribution in [0.25, 0.3) is 6.08 Å². The van der Waals surface area contributed by atoms with E-state index in [-0.39, 0.29) is 17.2 Å². The van der Waals surface area contributed by atoms with E-state index in [0.717, 1.165) is 12.1 Å². The maximum Gasteiger partial charge on any atom is 0.416 e. The zero-order chi connectivity index (χ0) is 20.0. The van der Waals surface area contributed by atoms with E-state index in [2.05, 4.69) is 0 Å². The number of hydrogen-bond acceptors (Lipinski definition) is 4. The smallest absolute Gasteiger partial charge is 0.416 e. The van der Waals surface area contributed by atoms with Gasteiger partial charge in [0.2, 0.25) is 0 Å². The van der Waals surface area contributed by atoms with Gasteiger partial charge in [0.1, 0.15) is 17.7 Å². The second-order valence-electron chi connectivity index (χ2n) is 5.43. The Morgan fingerprint density at radius 1 is 1.22 bits per heavy atom. The molecule has 0 aromatic heterocycles. The first kappa shape index (κ1) is 20.3. The van der Waals surface area contributed by atoms with Crippen LogP contribution in [-0.2, 0) is 12.8 Å². The van der Waals surface area contributed by atoms with Crippen molar-refractivity contribution in [2.75, 3.05) is 7.11 Å². The lowest BCUT2D eigenvalue weighted by atomic mass is 10.1.